The molecule has 0 saturated heterocycles. The zero-order valence-electron chi connectivity index (χ0n) is 22.3. The molecule has 1 heterocycles. The summed E-state index contributed by atoms with van der Waals surface area (Å²) in [6, 6.07) is 26.9. The maximum atomic E-state index is 5.83. The van der Waals surface area contributed by atoms with Crippen LogP contribution in [0.1, 0.15) is 77.4 Å². The Hall–Kier alpha value is -3.30. The molecule has 1 fully saturated rings. The van der Waals surface area contributed by atoms with E-state index in [0.29, 0.717) is 5.92 Å². The summed E-state index contributed by atoms with van der Waals surface area (Å²) in [6.07, 6.45) is 6.70. The minimum Gasteiger partial charge on any atom is -0.497 e. The van der Waals surface area contributed by atoms with Gasteiger partial charge in [0.1, 0.15) is 11.5 Å². The average molecular weight is 492 g/mol. The fourth-order valence-electron chi connectivity index (χ4n) is 6.80. The zero-order chi connectivity index (χ0) is 25.4. The van der Waals surface area contributed by atoms with Crippen molar-refractivity contribution in [3.8, 4) is 11.5 Å². The van der Waals surface area contributed by atoms with Crippen LogP contribution in [0.5, 0.6) is 11.5 Å². The molecule has 4 aromatic rings. The summed E-state index contributed by atoms with van der Waals surface area (Å²) in [6.45, 7) is 4.04. The Kier molecular flexibility index (Phi) is 6.65. The maximum absolute atomic E-state index is 5.83. The molecule has 0 amide bonds. The maximum Gasteiger partial charge on any atom is 0.127 e. The molecular formula is C34H37NO2. The zero-order valence-corrected chi connectivity index (χ0v) is 22.3. The van der Waals surface area contributed by atoms with Gasteiger partial charge >= 0.3 is 0 Å². The van der Waals surface area contributed by atoms with E-state index in [0.717, 1.165) is 24.6 Å². The number of aryl methyl sites for hydroxylation is 1. The van der Waals surface area contributed by atoms with E-state index in [4.69, 9.17) is 9.47 Å². The predicted octanol–water partition coefficient (Wildman–Crippen LogP) is 8.32. The highest BCUT2D eigenvalue weighted by atomic mass is 16.5. The van der Waals surface area contributed by atoms with Crippen molar-refractivity contribution in [2.24, 2.45) is 0 Å². The van der Waals surface area contributed by atoms with Gasteiger partial charge in [-0.05, 0) is 70.3 Å². The second-order valence-electron chi connectivity index (χ2n) is 10.8. The van der Waals surface area contributed by atoms with E-state index in [9.17, 15) is 0 Å². The third kappa shape index (κ3) is 4.40. The van der Waals surface area contributed by atoms with Crippen LogP contribution in [0.2, 0.25) is 0 Å². The molecule has 2 aliphatic rings. The van der Waals surface area contributed by atoms with Crippen molar-refractivity contribution < 1.29 is 9.47 Å². The van der Waals surface area contributed by atoms with E-state index in [-0.39, 0.29) is 6.04 Å². The van der Waals surface area contributed by atoms with Crippen LogP contribution in [0, 0.1) is 6.92 Å². The highest BCUT2D eigenvalue weighted by Gasteiger charge is 2.34. The van der Waals surface area contributed by atoms with Crippen molar-refractivity contribution in [3.63, 3.8) is 0 Å². The summed E-state index contributed by atoms with van der Waals surface area (Å²) >= 11 is 0. The molecule has 3 heteroatoms. The van der Waals surface area contributed by atoms with Crippen LogP contribution in [0.3, 0.4) is 0 Å². The molecule has 1 aliphatic heterocycles. The summed E-state index contributed by atoms with van der Waals surface area (Å²) in [4.78, 5) is 2.66. The van der Waals surface area contributed by atoms with Gasteiger partial charge in [-0.15, -0.1) is 0 Å². The summed E-state index contributed by atoms with van der Waals surface area (Å²) in [5.74, 6) is 2.38. The van der Waals surface area contributed by atoms with E-state index >= 15 is 0 Å². The Balaban J connectivity index is 1.54. The lowest BCUT2D eigenvalue weighted by Gasteiger charge is -2.40. The first-order valence-electron chi connectivity index (χ1n) is 13.7. The topological polar surface area (TPSA) is 21.7 Å². The lowest BCUT2D eigenvalue weighted by Crippen LogP contribution is -2.34. The summed E-state index contributed by atoms with van der Waals surface area (Å²) in [5, 5.41) is 2.87. The lowest BCUT2D eigenvalue weighted by atomic mass is 9.77. The van der Waals surface area contributed by atoms with Crippen LogP contribution in [0.4, 0.5) is 0 Å². The van der Waals surface area contributed by atoms with Gasteiger partial charge in [0.25, 0.3) is 0 Å². The first-order valence-corrected chi connectivity index (χ1v) is 13.7. The largest absolute Gasteiger partial charge is 0.497 e. The number of rotatable bonds is 6. The summed E-state index contributed by atoms with van der Waals surface area (Å²) in [7, 11) is 3.46. The Morgan fingerprint density at radius 1 is 0.838 bits per heavy atom. The molecule has 0 spiro atoms. The third-order valence-corrected chi connectivity index (χ3v) is 8.62. The molecule has 1 unspecified atom stereocenters. The van der Waals surface area contributed by atoms with Crippen LogP contribution >= 0.6 is 0 Å². The van der Waals surface area contributed by atoms with Crippen LogP contribution in [-0.4, -0.2) is 19.1 Å². The van der Waals surface area contributed by atoms with E-state index in [1.165, 1.54) is 65.1 Å². The van der Waals surface area contributed by atoms with Gasteiger partial charge in [-0.2, -0.15) is 0 Å². The molecule has 0 aromatic heterocycles. The Morgan fingerprint density at radius 3 is 2.38 bits per heavy atom. The molecule has 1 atom stereocenters. The standard InChI is InChI=1S/C34H37NO2/c1-23-14-15-25-17-19-29(24-10-6-4-7-11-24)30-22-35(21-27-16-18-28(36-2)20-31(27)37-3)34(32(23)33(25)30)26-12-8-5-9-13-26/h5,8-9,12-20,24,34H,4,6-7,10-11,21-22H2,1-3H3. The first-order chi connectivity index (χ1) is 18.2. The molecule has 1 aliphatic carbocycles. The highest BCUT2D eigenvalue weighted by Crippen LogP contribution is 2.47. The number of methoxy groups -OCH3 is 2. The average Bonchev–Trinajstić information content (AvgIpc) is 2.95. The number of hydrogen-bond acceptors (Lipinski definition) is 3. The molecular weight excluding hydrogens is 454 g/mol. The van der Waals surface area contributed by atoms with Gasteiger partial charge in [-0.1, -0.05) is 79.9 Å². The van der Waals surface area contributed by atoms with Gasteiger partial charge in [0.15, 0.2) is 0 Å². The lowest BCUT2D eigenvalue weighted by molar-refractivity contribution is 0.198. The van der Waals surface area contributed by atoms with Crippen LogP contribution in [0.25, 0.3) is 10.8 Å². The molecule has 190 valence electrons. The van der Waals surface area contributed by atoms with Crippen molar-refractivity contribution >= 4 is 10.8 Å². The quantitative estimate of drug-likeness (QED) is 0.271. The van der Waals surface area contributed by atoms with E-state index in [2.05, 4.69) is 72.5 Å². The first kappa shape index (κ1) is 24.1. The Bertz CT molecular complexity index is 1400. The fraction of sp³-hybridized carbons (Fsp3) is 0.353. The van der Waals surface area contributed by atoms with Gasteiger partial charge in [0.05, 0.1) is 20.3 Å². The SMILES string of the molecule is COc1ccc(CN2Cc3c(C4CCCCC4)ccc4ccc(C)c(c34)C2c2ccccc2)c(OC)c1. The van der Waals surface area contributed by atoms with E-state index in [1.54, 1.807) is 25.3 Å². The van der Waals surface area contributed by atoms with Crippen LogP contribution in [0.15, 0.2) is 72.8 Å². The van der Waals surface area contributed by atoms with Crippen LogP contribution < -0.4 is 9.47 Å². The van der Waals surface area contributed by atoms with Crippen LogP contribution in [-0.2, 0) is 13.1 Å². The van der Waals surface area contributed by atoms with Crippen molar-refractivity contribution in [1.82, 2.24) is 4.90 Å². The number of benzene rings is 4. The molecule has 37 heavy (non-hydrogen) atoms. The molecule has 1 saturated carbocycles. The van der Waals surface area contributed by atoms with Gasteiger partial charge in [0, 0.05) is 24.7 Å². The minimum absolute atomic E-state index is 0.186. The van der Waals surface area contributed by atoms with E-state index < -0.39 is 0 Å². The second kappa shape index (κ2) is 10.2. The van der Waals surface area contributed by atoms with E-state index in [1.807, 2.05) is 12.1 Å². The van der Waals surface area contributed by atoms with Crippen molar-refractivity contribution in [2.75, 3.05) is 14.2 Å². The fourth-order valence-corrected chi connectivity index (χ4v) is 6.80. The van der Waals surface area contributed by atoms with Gasteiger partial charge < -0.3 is 9.47 Å². The normalized spacial score (nSPS) is 18.2. The smallest absolute Gasteiger partial charge is 0.127 e. The van der Waals surface area contributed by atoms with Gasteiger partial charge in [-0.25, -0.2) is 0 Å². The minimum atomic E-state index is 0.186. The Morgan fingerprint density at radius 2 is 1.62 bits per heavy atom. The predicted molar refractivity (Wildman–Crippen MR) is 152 cm³/mol. The highest BCUT2D eigenvalue weighted by molar-refractivity contribution is 5.92. The van der Waals surface area contributed by atoms with Gasteiger partial charge in [0.2, 0.25) is 0 Å². The molecule has 6 rings (SSSR count). The second-order valence-corrected chi connectivity index (χ2v) is 10.8. The third-order valence-electron chi connectivity index (χ3n) is 8.62. The number of hydrogen-bond donors (Lipinski definition) is 0. The van der Waals surface area contributed by atoms with Gasteiger partial charge in [-0.3, -0.25) is 4.90 Å². The molecule has 0 bridgehead atoms. The molecule has 0 radical (unpaired) electrons. The van der Waals surface area contributed by atoms with Crippen molar-refractivity contribution in [3.05, 3.63) is 106 Å². The molecule has 0 N–H and O–H groups in total. The number of ether oxygens (including phenoxy) is 2. The van der Waals surface area contributed by atoms with Crippen molar-refractivity contribution in [1.29, 1.82) is 0 Å². The monoisotopic (exact) mass is 491 g/mol. The molecule has 4 aromatic carbocycles. The molecule has 3 nitrogen and oxygen atoms in total. The Labute approximate surface area is 221 Å². The number of nitrogens with zero attached hydrogens (tertiary/aromatic N) is 1. The summed E-state index contributed by atoms with van der Waals surface area (Å²) < 4.78 is 11.3. The van der Waals surface area contributed by atoms with Crippen molar-refractivity contribution in [2.45, 2.75) is 64.1 Å². The summed E-state index contributed by atoms with van der Waals surface area (Å²) in [5.41, 5.74) is 8.50.